The lowest BCUT2D eigenvalue weighted by Crippen LogP contribution is -2.41. The molecule has 0 spiro atoms. The van der Waals surface area contributed by atoms with E-state index in [1.807, 2.05) is 49.4 Å². The Hall–Kier alpha value is -2.88. The van der Waals surface area contributed by atoms with Gasteiger partial charge >= 0.3 is 11.9 Å². The average Bonchev–Trinajstić information content (AvgIpc) is 2.50. The third kappa shape index (κ3) is 3.23. The van der Waals surface area contributed by atoms with E-state index in [1.165, 1.54) is 19.9 Å². The highest BCUT2D eigenvalue weighted by molar-refractivity contribution is 6.19. The van der Waals surface area contributed by atoms with Gasteiger partial charge in [-0.3, -0.25) is 0 Å². The van der Waals surface area contributed by atoms with Crippen LogP contribution in [0.15, 0.2) is 54.1 Å². The van der Waals surface area contributed by atoms with E-state index in [0.717, 1.165) is 22.3 Å². The normalized spacial score (nSPS) is 16.4. The van der Waals surface area contributed by atoms with Crippen molar-refractivity contribution < 1.29 is 19.1 Å². The van der Waals surface area contributed by atoms with E-state index in [2.05, 4.69) is 6.07 Å². The van der Waals surface area contributed by atoms with E-state index in [4.69, 9.17) is 9.47 Å². The fraction of sp³-hybridized carbons (Fsp3) is 0.200. The first-order valence-corrected chi connectivity index (χ1v) is 7.70. The van der Waals surface area contributed by atoms with Gasteiger partial charge in [-0.15, -0.1) is 0 Å². The van der Waals surface area contributed by atoms with Crippen molar-refractivity contribution in [3.63, 3.8) is 0 Å². The summed E-state index contributed by atoms with van der Waals surface area (Å²) < 4.78 is 10.3. The fourth-order valence-electron chi connectivity index (χ4n) is 2.63. The number of esters is 2. The van der Waals surface area contributed by atoms with Crippen LogP contribution in [0.3, 0.4) is 0 Å². The van der Waals surface area contributed by atoms with Crippen LogP contribution < -0.4 is 0 Å². The molecular formula is C20H18O4. The van der Waals surface area contributed by atoms with Gasteiger partial charge < -0.3 is 9.47 Å². The van der Waals surface area contributed by atoms with Gasteiger partial charge in [0.2, 0.25) is 0 Å². The minimum atomic E-state index is -1.23. The molecular weight excluding hydrogens is 304 g/mol. The zero-order valence-electron chi connectivity index (χ0n) is 13.8. The van der Waals surface area contributed by atoms with Gasteiger partial charge in [0, 0.05) is 13.8 Å². The van der Waals surface area contributed by atoms with Gasteiger partial charge in [-0.2, -0.15) is 0 Å². The minimum Gasteiger partial charge on any atom is -0.419 e. The van der Waals surface area contributed by atoms with Crippen LogP contribution in [0.2, 0.25) is 0 Å². The van der Waals surface area contributed by atoms with Crippen LogP contribution in [-0.2, 0) is 19.1 Å². The molecule has 4 nitrogen and oxygen atoms in total. The third-order valence-electron chi connectivity index (χ3n) is 3.71. The first-order valence-electron chi connectivity index (χ1n) is 7.70. The summed E-state index contributed by atoms with van der Waals surface area (Å²) in [7, 11) is 0. The molecule has 2 aromatic carbocycles. The largest absolute Gasteiger partial charge is 0.419 e. The maximum absolute atomic E-state index is 12.1. The molecule has 0 unspecified atom stereocenters. The number of ether oxygens (including phenoxy) is 2. The number of carbonyl (C=O) groups is 2. The summed E-state index contributed by atoms with van der Waals surface area (Å²) in [6, 6.07) is 15.6. The van der Waals surface area contributed by atoms with Gasteiger partial charge in [0.15, 0.2) is 0 Å². The van der Waals surface area contributed by atoms with Crippen molar-refractivity contribution in [3.05, 3.63) is 65.2 Å². The maximum atomic E-state index is 12.1. The number of hydrogen-bond donors (Lipinski definition) is 0. The number of hydrogen-bond acceptors (Lipinski definition) is 4. The molecule has 1 fully saturated rings. The van der Waals surface area contributed by atoms with E-state index in [-0.39, 0.29) is 5.57 Å². The summed E-state index contributed by atoms with van der Waals surface area (Å²) in [4.78, 5) is 24.3. The van der Waals surface area contributed by atoms with Crippen molar-refractivity contribution in [1.29, 1.82) is 0 Å². The molecule has 0 bridgehead atoms. The van der Waals surface area contributed by atoms with Gasteiger partial charge in [-0.1, -0.05) is 54.1 Å². The fourth-order valence-corrected chi connectivity index (χ4v) is 2.63. The molecule has 0 amide bonds. The minimum absolute atomic E-state index is 0.102. The van der Waals surface area contributed by atoms with Crippen LogP contribution in [0.25, 0.3) is 17.2 Å². The summed E-state index contributed by atoms with van der Waals surface area (Å²) in [6.45, 7) is 5.07. The number of aryl methyl sites for hydroxylation is 1. The number of benzene rings is 2. The molecule has 0 aliphatic carbocycles. The molecule has 1 aliphatic heterocycles. The molecule has 3 rings (SSSR count). The lowest BCUT2D eigenvalue weighted by atomic mass is 9.97. The van der Waals surface area contributed by atoms with Crippen LogP contribution in [0, 0.1) is 6.92 Å². The second kappa shape index (κ2) is 5.96. The Labute approximate surface area is 140 Å². The first-order chi connectivity index (χ1) is 11.4. The van der Waals surface area contributed by atoms with E-state index in [9.17, 15) is 9.59 Å². The van der Waals surface area contributed by atoms with E-state index >= 15 is 0 Å². The predicted molar refractivity (Wildman–Crippen MR) is 90.9 cm³/mol. The Balaban J connectivity index is 2.05. The molecule has 0 saturated carbocycles. The van der Waals surface area contributed by atoms with Gasteiger partial charge in [-0.05, 0) is 29.7 Å². The van der Waals surface area contributed by atoms with E-state index in [1.54, 1.807) is 0 Å². The van der Waals surface area contributed by atoms with Crippen LogP contribution >= 0.6 is 0 Å². The van der Waals surface area contributed by atoms with Crippen LogP contribution in [0.1, 0.15) is 25.0 Å². The topological polar surface area (TPSA) is 52.6 Å². The highest BCUT2D eigenvalue weighted by atomic mass is 16.7. The van der Waals surface area contributed by atoms with Gasteiger partial charge in [0.1, 0.15) is 5.57 Å². The van der Waals surface area contributed by atoms with Gasteiger partial charge in [0.25, 0.3) is 5.79 Å². The summed E-state index contributed by atoms with van der Waals surface area (Å²) in [5.41, 5.74) is 3.73. The summed E-state index contributed by atoms with van der Waals surface area (Å²) in [5, 5.41) is 0. The van der Waals surface area contributed by atoms with Crippen LogP contribution in [0.4, 0.5) is 0 Å². The van der Waals surface area contributed by atoms with Crippen molar-refractivity contribution in [1.82, 2.24) is 0 Å². The van der Waals surface area contributed by atoms with Crippen molar-refractivity contribution >= 4 is 18.0 Å². The molecule has 1 aliphatic rings. The summed E-state index contributed by atoms with van der Waals surface area (Å²) in [5.74, 6) is -2.58. The van der Waals surface area contributed by atoms with Crippen molar-refractivity contribution in [2.45, 2.75) is 26.6 Å². The molecule has 0 atom stereocenters. The number of rotatable bonds is 2. The first kappa shape index (κ1) is 16.0. The Morgan fingerprint density at radius 2 is 1.58 bits per heavy atom. The average molecular weight is 322 g/mol. The second-order valence-electron chi connectivity index (χ2n) is 6.19. The van der Waals surface area contributed by atoms with Crippen LogP contribution in [0.5, 0.6) is 0 Å². The standard InChI is InChI=1S/C20H18O4/c1-13-7-6-9-14(11-13)16-10-5-4-8-15(16)12-17-18(21)23-20(2,3)24-19(17)22/h4-12H,1-3H3. The van der Waals surface area contributed by atoms with E-state index < -0.39 is 17.7 Å². The Bertz CT molecular complexity index is 824. The summed E-state index contributed by atoms with van der Waals surface area (Å²) >= 11 is 0. The highest BCUT2D eigenvalue weighted by Crippen LogP contribution is 2.29. The number of cyclic esters (lactones) is 2. The maximum Gasteiger partial charge on any atom is 0.348 e. The third-order valence-corrected chi connectivity index (χ3v) is 3.71. The molecule has 4 heteroatoms. The molecule has 122 valence electrons. The molecule has 0 N–H and O–H groups in total. The number of carbonyl (C=O) groups excluding carboxylic acids is 2. The quantitative estimate of drug-likeness (QED) is 0.478. The lowest BCUT2D eigenvalue weighted by Gasteiger charge is -2.29. The van der Waals surface area contributed by atoms with Crippen molar-refractivity contribution in [2.24, 2.45) is 0 Å². The Morgan fingerprint density at radius 1 is 0.917 bits per heavy atom. The van der Waals surface area contributed by atoms with Gasteiger partial charge in [-0.25, -0.2) is 9.59 Å². The Morgan fingerprint density at radius 3 is 2.25 bits per heavy atom. The van der Waals surface area contributed by atoms with Crippen molar-refractivity contribution in [3.8, 4) is 11.1 Å². The molecule has 0 aromatic heterocycles. The highest BCUT2D eigenvalue weighted by Gasteiger charge is 2.38. The van der Waals surface area contributed by atoms with Gasteiger partial charge in [0.05, 0.1) is 0 Å². The zero-order valence-corrected chi connectivity index (χ0v) is 13.8. The monoisotopic (exact) mass is 322 g/mol. The lowest BCUT2D eigenvalue weighted by molar-refractivity contribution is -0.222. The van der Waals surface area contributed by atoms with E-state index in [0.29, 0.717) is 0 Å². The molecule has 0 radical (unpaired) electrons. The molecule has 1 heterocycles. The second-order valence-corrected chi connectivity index (χ2v) is 6.19. The van der Waals surface area contributed by atoms with Crippen LogP contribution in [-0.4, -0.2) is 17.7 Å². The molecule has 2 aromatic rings. The predicted octanol–water partition coefficient (Wildman–Crippen LogP) is 3.88. The zero-order chi connectivity index (χ0) is 17.3. The SMILES string of the molecule is Cc1cccc(-c2ccccc2C=C2C(=O)OC(C)(C)OC2=O)c1. The summed E-state index contributed by atoms with van der Waals surface area (Å²) in [6.07, 6.45) is 1.53. The van der Waals surface area contributed by atoms with Crippen molar-refractivity contribution in [2.75, 3.05) is 0 Å². The Kier molecular flexibility index (Phi) is 3.97. The molecule has 1 saturated heterocycles. The molecule has 24 heavy (non-hydrogen) atoms. The smallest absolute Gasteiger partial charge is 0.348 e.